The van der Waals surface area contributed by atoms with Crippen LogP contribution in [0.2, 0.25) is 0 Å². The van der Waals surface area contributed by atoms with Crippen molar-refractivity contribution in [1.82, 2.24) is 10.6 Å². The summed E-state index contributed by atoms with van der Waals surface area (Å²) in [5.74, 6) is -0.0143. The van der Waals surface area contributed by atoms with Crippen LogP contribution in [-0.2, 0) is 28.0 Å². The lowest BCUT2D eigenvalue weighted by Gasteiger charge is -2.38. The van der Waals surface area contributed by atoms with Crippen LogP contribution in [0.3, 0.4) is 0 Å². The topological polar surface area (TPSA) is 131 Å². The van der Waals surface area contributed by atoms with E-state index in [4.69, 9.17) is 9.05 Å². The number of phosphoric ester groups is 1. The molecule has 1 fully saturated rings. The summed E-state index contributed by atoms with van der Waals surface area (Å²) in [6.07, 6.45) is -0.583. The highest BCUT2D eigenvalue weighted by molar-refractivity contribution is 8.13. The fourth-order valence-corrected chi connectivity index (χ4v) is 4.35. The number of carbonyl (C=O) groups is 3. The van der Waals surface area contributed by atoms with Crippen LogP contribution in [0.1, 0.15) is 40.5 Å². The van der Waals surface area contributed by atoms with Gasteiger partial charge in [0.1, 0.15) is 0 Å². The lowest BCUT2D eigenvalue weighted by molar-refractivity contribution is -0.141. The summed E-state index contributed by atoms with van der Waals surface area (Å²) in [6, 6.07) is 0. The molecule has 9 nitrogen and oxygen atoms in total. The zero-order valence-corrected chi connectivity index (χ0v) is 17.9. The summed E-state index contributed by atoms with van der Waals surface area (Å²) in [6.45, 7) is 7.65. The second-order valence-corrected chi connectivity index (χ2v) is 9.98. The molecule has 1 aliphatic rings. The van der Waals surface area contributed by atoms with E-state index >= 15 is 0 Å². The maximum atomic E-state index is 12.2. The van der Waals surface area contributed by atoms with Crippen molar-refractivity contribution in [3.8, 4) is 0 Å². The van der Waals surface area contributed by atoms with Crippen LogP contribution < -0.4 is 10.6 Å². The molecule has 0 aliphatic carbocycles. The van der Waals surface area contributed by atoms with Crippen molar-refractivity contribution in [1.29, 1.82) is 0 Å². The van der Waals surface area contributed by atoms with Gasteiger partial charge in [0.25, 0.3) is 0 Å². The van der Waals surface area contributed by atoms with Crippen molar-refractivity contribution in [2.24, 2.45) is 11.3 Å². The van der Waals surface area contributed by atoms with Gasteiger partial charge < -0.3 is 15.5 Å². The lowest BCUT2D eigenvalue weighted by atomic mass is 9.87. The molecule has 0 aromatic carbocycles. The highest BCUT2D eigenvalue weighted by atomic mass is 32.2. The van der Waals surface area contributed by atoms with Crippen LogP contribution >= 0.6 is 19.6 Å². The van der Waals surface area contributed by atoms with Crippen molar-refractivity contribution in [2.45, 2.75) is 46.6 Å². The number of rotatable bonds is 9. The van der Waals surface area contributed by atoms with E-state index < -0.39 is 25.2 Å². The first-order chi connectivity index (χ1) is 12.4. The molecule has 156 valence electrons. The van der Waals surface area contributed by atoms with Crippen LogP contribution in [0.25, 0.3) is 0 Å². The Kier molecular flexibility index (Phi) is 9.44. The standard InChI is InChI=1S/C16H29N2O7PS/c1-11(2)9-13(20)27-8-7-17-12(19)5-6-18-15(21)14-16(3,4)10-24-26(22,23)25-14/h11,14H,5-10H2,1-4H3,(H,17,19)(H,18,21)(H,22,23)/t14-/m0/s1. The number of hydrogen-bond donors (Lipinski definition) is 3. The van der Waals surface area contributed by atoms with E-state index in [2.05, 4.69) is 10.6 Å². The Balaban J connectivity index is 2.26. The van der Waals surface area contributed by atoms with E-state index in [0.29, 0.717) is 24.6 Å². The Morgan fingerprint density at radius 2 is 1.93 bits per heavy atom. The number of carbonyl (C=O) groups excluding carboxylic acids is 3. The van der Waals surface area contributed by atoms with Gasteiger partial charge in [-0.2, -0.15) is 0 Å². The van der Waals surface area contributed by atoms with Gasteiger partial charge in [-0.15, -0.1) is 0 Å². The fourth-order valence-electron chi connectivity index (χ4n) is 2.26. The Morgan fingerprint density at radius 1 is 1.26 bits per heavy atom. The molecule has 0 aromatic heterocycles. The van der Waals surface area contributed by atoms with E-state index in [-0.39, 0.29) is 30.6 Å². The summed E-state index contributed by atoms with van der Waals surface area (Å²) in [5, 5.41) is 5.31. The molecule has 3 N–H and O–H groups in total. The molecule has 2 atom stereocenters. The van der Waals surface area contributed by atoms with Crippen molar-refractivity contribution in [3.63, 3.8) is 0 Å². The van der Waals surface area contributed by atoms with Gasteiger partial charge >= 0.3 is 7.82 Å². The highest BCUT2D eigenvalue weighted by Crippen LogP contribution is 2.52. The number of thioether (sulfide) groups is 1. The first-order valence-electron chi connectivity index (χ1n) is 8.79. The largest absolute Gasteiger partial charge is 0.472 e. The Morgan fingerprint density at radius 3 is 2.56 bits per heavy atom. The SMILES string of the molecule is CC(C)CC(=O)SCCNC(=O)CCNC(=O)[C@@H]1OP(=O)(O)OCC1(C)C. The zero-order valence-electron chi connectivity index (χ0n) is 16.1. The van der Waals surface area contributed by atoms with Crippen LogP contribution in [0.15, 0.2) is 0 Å². The number of amides is 2. The van der Waals surface area contributed by atoms with E-state index in [1.807, 2.05) is 13.8 Å². The molecule has 1 saturated heterocycles. The van der Waals surface area contributed by atoms with Gasteiger partial charge in [0, 0.05) is 37.1 Å². The van der Waals surface area contributed by atoms with Gasteiger partial charge in [-0.25, -0.2) is 4.57 Å². The molecule has 0 spiro atoms. The van der Waals surface area contributed by atoms with Crippen LogP contribution in [-0.4, -0.2) is 53.4 Å². The van der Waals surface area contributed by atoms with E-state index in [9.17, 15) is 23.8 Å². The summed E-state index contributed by atoms with van der Waals surface area (Å²) < 4.78 is 21.1. The van der Waals surface area contributed by atoms with Gasteiger partial charge in [-0.05, 0) is 5.92 Å². The third-order valence-electron chi connectivity index (χ3n) is 3.70. The number of nitrogens with one attached hydrogen (secondary N) is 2. The first kappa shape index (κ1) is 24.1. The quantitative estimate of drug-likeness (QED) is 0.374. The average molecular weight is 424 g/mol. The molecule has 1 heterocycles. The summed E-state index contributed by atoms with van der Waals surface area (Å²) in [7, 11) is -4.23. The van der Waals surface area contributed by atoms with Gasteiger partial charge in [0.15, 0.2) is 11.2 Å². The molecule has 0 aromatic rings. The van der Waals surface area contributed by atoms with E-state index in [1.165, 1.54) is 11.8 Å². The molecular formula is C16H29N2O7PS. The monoisotopic (exact) mass is 424 g/mol. The van der Waals surface area contributed by atoms with Gasteiger partial charge in [-0.1, -0.05) is 39.5 Å². The minimum atomic E-state index is -4.23. The maximum Gasteiger partial charge on any atom is 0.472 e. The van der Waals surface area contributed by atoms with E-state index in [1.54, 1.807) is 13.8 Å². The first-order valence-corrected chi connectivity index (χ1v) is 11.3. The van der Waals surface area contributed by atoms with Gasteiger partial charge in [0.2, 0.25) is 11.8 Å². The Hall–Kier alpha value is -0.930. The van der Waals surface area contributed by atoms with E-state index in [0.717, 1.165) is 0 Å². The summed E-state index contributed by atoms with van der Waals surface area (Å²) >= 11 is 1.19. The molecule has 0 bridgehead atoms. The third kappa shape index (κ3) is 9.21. The molecular weight excluding hydrogens is 395 g/mol. The van der Waals surface area contributed by atoms with Gasteiger partial charge in [-0.3, -0.25) is 23.4 Å². The predicted octanol–water partition coefficient (Wildman–Crippen LogP) is 1.46. The summed E-state index contributed by atoms with van der Waals surface area (Å²) in [4.78, 5) is 44.9. The molecule has 27 heavy (non-hydrogen) atoms. The molecule has 1 rings (SSSR count). The average Bonchev–Trinajstić information content (AvgIpc) is 2.53. The van der Waals surface area contributed by atoms with Crippen molar-refractivity contribution in [3.05, 3.63) is 0 Å². The van der Waals surface area contributed by atoms with Crippen molar-refractivity contribution < 1.29 is 32.9 Å². The highest BCUT2D eigenvalue weighted by Gasteiger charge is 2.47. The second-order valence-electron chi connectivity index (χ2n) is 7.43. The maximum absolute atomic E-state index is 12.2. The second kappa shape index (κ2) is 10.6. The van der Waals surface area contributed by atoms with Crippen LogP contribution in [0, 0.1) is 11.3 Å². The number of hydrogen-bond acceptors (Lipinski definition) is 7. The minimum Gasteiger partial charge on any atom is -0.355 e. The number of phosphoric acid groups is 1. The Labute approximate surface area is 163 Å². The predicted molar refractivity (Wildman–Crippen MR) is 102 cm³/mol. The molecule has 1 aliphatic heterocycles. The molecule has 0 radical (unpaired) electrons. The van der Waals surface area contributed by atoms with Crippen molar-refractivity contribution in [2.75, 3.05) is 25.4 Å². The molecule has 2 amide bonds. The molecule has 1 unspecified atom stereocenters. The van der Waals surface area contributed by atoms with Crippen LogP contribution in [0.4, 0.5) is 0 Å². The summed E-state index contributed by atoms with van der Waals surface area (Å²) in [5.41, 5.74) is -0.775. The zero-order chi connectivity index (χ0) is 20.7. The third-order valence-corrected chi connectivity index (χ3v) is 5.53. The molecule has 0 saturated carbocycles. The normalized spacial score (nSPS) is 24.4. The van der Waals surface area contributed by atoms with Crippen molar-refractivity contribution >= 4 is 36.5 Å². The minimum absolute atomic E-state index is 0.0524. The lowest BCUT2D eigenvalue weighted by Crippen LogP contribution is -2.49. The van der Waals surface area contributed by atoms with Gasteiger partial charge in [0.05, 0.1) is 6.61 Å². The smallest absolute Gasteiger partial charge is 0.355 e. The van der Waals surface area contributed by atoms with Crippen LogP contribution in [0.5, 0.6) is 0 Å². The fraction of sp³-hybridized carbons (Fsp3) is 0.812. The molecule has 11 heteroatoms. The Bertz CT molecular complexity index is 597.